The van der Waals surface area contributed by atoms with Gasteiger partial charge in [-0.2, -0.15) is 0 Å². The van der Waals surface area contributed by atoms with Crippen molar-refractivity contribution >= 4 is 17.4 Å². The van der Waals surface area contributed by atoms with Crippen molar-refractivity contribution in [2.45, 2.75) is 33.2 Å². The van der Waals surface area contributed by atoms with Gasteiger partial charge >= 0.3 is 0 Å². The molecule has 0 aliphatic carbocycles. The molecule has 1 heterocycles. The molecule has 33 heavy (non-hydrogen) atoms. The number of carbonyl (C=O) groups is 2. The minimum absolute atomic E-state index is 0.134. The van der Waals surface area contributed by atoms with Crippen LogP contribution in [0, 0.1) is 12.8 Å². The lowest BCUT2D eigenvalue weighted by atomic mass is 9.94. The van der Waals surface area contributed by atoms with E-state index in [2.05, 4.69) is 13.8 Å². The number of hydrogen-bond donors (Lipinski definition) is 1. The van der Waals surface area contributed by atoms with E-state index < -0.39 is 17.7 Å². The van der Waals surface area contributed by atoms with Crippen molar-refractivity contribution in [2.75, 3.05) is 33.8 Å². The van der Waals surface area contributed by atoms with Gasteiger partial charge in [0.25, 0.3) is 11.7 Å². The Labute approximate surface area is 196 Å². The highest BCUT2D eigenvalue weighted by Gasteiger charge is 2.45. The number of benzene rings is 2. The maximum absolute atomic E-state index is 13.1. The average molecular weight is 451 g/mol. The second-order valence-corrected chi connectivity index (χ2v) is 9.24. The lowest BCUT2D eigenvalue weighted by Gasteiger charge is -2.26. The zero-order valence-corrected chi connectivity index (χ0v) is 20.2. The summed E-state index contributed by atoms with van der Waals surface area (Å²) in [5.41, 5.74) is 2.24. The Bertz CT molecular complexity index is 1030. The summed E-state index contributed by atoms with van der Waals surface area (Å²) in [5, 5.41) is 11.3. The molecule has 1 fully saturated rings. The molecular formula is C27H34N2O4. The van der Waals surface area contributed by atoms with Gasteiger partial charge in [0.05, 0.1) is 18.2 Å². The summed E-state index contributed by atoms with van der Waals surface area (Å²) in [5.74, 6) is -0.260. The van der Waals surface area contributed by atoms with Gasteiger partial charge in [-0.25, -0.2) is 0 Å². The predicted octanol–water partition coefficient (Wildman–Crippen LogP) is 4.40. The lowest BCUT2D eigenvalue weighted by molar-refractivity contribution is -0.139. The minimum Gasteiger partial charge on any atom is -0.507 e. The molecule has 1 amide bonds. The van der Waals surface area contributed by atoms with Gasteiger partial charge in [-0.3, -0.25) is 9.59 Å². The number of ketones is 1. The van der Waals surface area contributed by atoms with E-state index in [1.54, 1.807) is 17.0 Å². The van der Waals surface area contributed by atoms with Crippen LogP contribution in [0.4, 0.5) is 0 Å². The third-order valence-corrected chi connectivity index (χ3v) is 5.70. The topological polar surface area (TPSA) is 70.1 Å². The second-order valence-electron chi connectivity index (χ2n) is 9.24. The van der Waals surface area contributed by atoms with Crippen LogP contribution < -0.4 is 4.74 Å². The number of hydrogen-bond acceptors (Lipinski definition) is 5. The van der Waals surface area contributed by atoms with Crippen molar-refractivity contribution in [3.8, 4) is 5.75 Å². The molecule has 0 saturated carbocycles. The highest BCUT2D eigenvalue weighted by atomic mass is 16.5. The van der Waals surface area contributed by atoms with Crippen LogP contribution in [0.5, 0.6) is 5.75 Å². The molecule has 2 aromatic carbocycles. The summed E-state index contributed by atoms with van der Waals surface area (Å²) >= 11 is 0. The molecule has 0 unspecified atom stereocenters. The molecule has 1 aliphatic rings. The van der Waals surface area contributed by atoms with Crippen LogP contribution in [0.25, 0.3) is 5.76 Å². The molecule has 0 spiro atoms. The van der Waals surface area contributed by atoms with Gasteiger partial charge in [0.2, 0.25) is 0 Å². The van der Waals surface area contributed by atoms with E-state index in [1.807, 2.05) is 62.3 Å². The van der Waals surface area contributed by atoms with Crippen molar-refractivity contribution < 1.29 is 19.4 Å². The van der Waals surface area contributed by atoms with Gasteiger partial charge < -0.3 is 19.6 Å². The first kappa shape index (κ1) is 24.5. The van der Waals surface area contributed by atoms with E-state index in [0.29, 0.717) is 30.4 Å². The monoisotopic (exact) mass is 450 g/mol. The predicted molar refractivity (Wildman–Crippen MR) is 130 cm³/mol. The van der Waals surface area contributed by atoms with E-state index in [-0.39, 0.29) is 11.3 Å². The number of aryl methyl sites for hydroxylation is 1. The number of Topliss-reactive ketones (excluding diaryl/α,β-unsaturated/α-hetero) is 1. The Morgan fingerprint density at radius 1 is 1.12 bits per heavy atom. The Hall–Kier alpha value is -3.12. The van der Waals surface area contributed by atoms with E-state index in [0.717, 1.165) is 24.1 Å². The normalized spacial score (nSPS) is 17.9. The quantitative estimate of drug-likeness (QED) is 0.348. The van der Waals surface area contributed by atoms with Gasteiger partial charge in [-0.1, -0.05) is 44.2 Å². The number of likely N-dealkylation sites (tertiary alicyclic amines) is 1. The first-order valence-electron chi connectivity index (χ1n) is 11.4. The van der Waals surface area contributed by atoms with Crippen LogP contribution in [0.2, 0.25) is 0 Å². The highest BCUT2D eigenvalue weighted by Crippen LogP contribution is 2.40. The second kappa shape index (κ2) is 10.7. The number of ether oxygens (including phenoxy) is 1. The molecule has 1 saturated heterocycles. The van der Waals surface area contributed by atoms with Crippen molar-refractivity contribution in [3.05, 3.63) is 70.8 Å². The van der Waals surface area contributed by atoms with Crippen molar-refractivity contribution in [3.63, 3.8) is 0 Å². The number of rotatable bonds is 9. The zero-order chi connectivity index (χ0) is 24.1. The van der Waals surface area contributed by atoms with Gasteiger partial charge in [-0.05, 0) is 69.2 Å². The SMILES string of the molecule is Cc1cc(OCC(C)C)ccc1C(O)=C1C(=O)C(=O)N(CCCN(C)C)[C@@H]1c1ccccc1. The molecular weight excluding hydrogens is 416 g/mol. The first-order chi connectivity index (χ1) is 15.7. The third kappa shape index (κ3) is 5.63. The van der Waals surface area contributed by atoms with Crippen LogP contribution in [0.3, 0.4) is 0 Å². The fourth-order valence-corrected chi connectivity index (χ4v) is 4.05. The van der Waals surface area contributed by atoms with Gasteiger partial charge in [0.1, 0.15) is 11.5 Å². The van der Waals surface area contributed by atoms with Gasteiger partial charge in [0, 0.05) is 12.1 Å². The zero-order valence-electron chi connectivity index (χ0n) is 20.2. The number of aliphatic hydroxyl groups excluding tert-OH is 1. The molecule has 0 aromatic heterocycles. The van der Waals surface area contributed by atoms with Crippen LogP contribution in [-0.2, 0) is 9.59 Å². The summed E-state index contributed by atoms with van der Waals surface area (Å²) in [7, 11) is 3.94. The molecule has 0 radical (unpaired) electrons. The van der Waals surface area contributed by atoms with E-state index >= 15 is 0 Å². The van der Waals surface area contributed by atoms with Crippen LogP contribution >= 0.6 is 0 Å². The van der Waals surface area contributed by atoms with Crippen LogP contribution in [-0.4, -0.2) is 60.4 Å². The molecule has 1 aliphatic heterocycles. The van der Waals surface area contributed by atoms with Crippen LogP contribution in [0.1, 0.15) is 43.0 Å². The molecule has 176 valence electrons. The first-order valence-corrected chi connectivity index (χ1v) is 11.4. The smallest absolute Gasteiger partial charge is 0.295 e. The molecule has 1 N–H and O–H groups in total. The molecule has 1 atom stereocenters. The summed E-state index contributed by atoms with van der Waals surface area (Å²) in [6.07, 6.45) is 0.726. The number of carbonyl (C=O) groups excluding carboxylic acids is 2. The molecule has 6 nitrogen and oxygen atoms in total. The summed E-state index contributed by atoms with van der Waals surface area (Å²) < 4.78 is 5.79. The van der Waals surface area contributed by atoms with Gasteiger partial charge in [0.15, 0.2) is 0 Å². The van der Waals surface area contributed by atoms with Crippen molar-refractivity contribution in [2.24, 2.45) is 5.92 Å². The minimum atomic E-state index is -0.647. The van der Waals surface area contributed by atoms with Gasteiger partial charge in [-0.15, -0.1) is 0 Å². The molecule has 2 aromatic rings. The standard InChI is InChI=1S/C27H34N2O4/c1-18(2)17-33-21-12-13-22(19(3)16-21)25(30)23-24(20-10-7-6-8-11-20)29(27(32)26(23)31)15-9-14-28(4)5/h6-8,10-13,16,18,24,30H,9,14-15,17H2,1-5H3/t24-/m1/s1. The molecule has 6 heteroatoms. The summed E-state index contributed by atoms with van der Waals surface area (Å²) in [6, 6.07) is 14.2. The molecule has 0 bridgehead atoms. The maximum Gasteiger partial charge on any atom is 0.295 e. The number of amides is 1. The third-order valence-electron chi connectivity index (χ3n) is 5.70. The average Bonchev–Trinajstić information content (AvgIpc) is 3.02. The Morgan fingerprint density at radius 2 is 1.82 bits per heavy atom. The fraction of sp³-hybridized carbons (Fsp3) is 0.407. The Kier molecular flexibility index (Phi) is 7.92. The maximum atomic E-state index is 13.1. The van der Waals surface area contributed by atoms with E-state index in [1.165, 1.54) is 0 Å². The summed E-state index contributed by atoms with van der Waals surface area (Å²) in [6.45, 7) is 7.84. The van der Waals surface area contributed by atoms with E-state index in [4.69, 9.17) is 4.74 Å². The van der Waals surface area contributed by atoms with E-state index in [9.17, 15) is 14.7 Å². The number of nitrogens with zero attached hydrogens (tertiary/aromatic N) is 2. The largest absolute Gasteiger partial charge is 0.507 e. The highest BCUT2D eigenvalue weighted by molar-refractivity contribution is 6.46. The fourth-order valence-electron chi connectivity index (χ4n) is 4.05. The Balaban J connectivity index is 2.02. The summed E-state index contributed by atoms with van der Waals surface area (Å²) in [4.78, 5) is 29.7. The Morgan fingerprint density at radius 3 is 2.42 bits per heavy atom. The van der Waals surface area contributed by atoms with Crippen molar-refractivity contribution in [1.82, 2.24) is 9.80 Å². The van der Waals surface area contributed by atoms with Crippen LogP contribution in [0.15, 0.2) is 54.1 Å². The lowest BCUT2D eigenvalue weighted by Crippen LogP contribution is -2.32. The van der Waals surface area contributed by atoms with Crippen molar-refractivity contribution in [1.29, 1.82) is 0 Å². The molecule has 3 rings (SSSR count). The number of aliphatic hydroxyl groups is 1.